The molecule has 0 saturated carbocycles. The average Bonchev–Trinajstić information content (AvgIpc) is 2.83. The Morgan fingerprint density at radius 1 is 0.941 bits per heavy atom. The van der Waals surface area contributed by atoms with Crippen molar-refractivity contribution in [2.75, 3.05) is 6.61 Å². The minimum atomic E-state index is -0.899. The summed E-state index contributed by atoms with van der Waals surface area (Å²) in [6.07, 6.45) is 1.36. The highest BCUT2D eigenvalue weighted by atomic mass is 35.5. The van der Waals surface area contributed by atoms with Crippen LogP contribution in [0.4, 0.5) is 0 Å². The van der Waals surface area contributed by atoms with E-state index in [4.69, 9.17) is 32.7 Å². The van der Waals surface area contributed by atoms with Gasteiger partial charge in [-0.15, -0.1) is 0 Å². The first-order chi connectivity index (χ1) is 16.5. The van der Waals surface area contributed by atoms with Gasteiger partial charge in [0.25, 0.3) is 0 Å². The molecule has 0 heterocycles. The third kappa shape index (κ3) is 7.50. The number of hydrazone groups is 1. The SMILES string of the molecule is CCOc1cc(/C=N\NC(=O)C(=O)NCc2ccc(Cl)cc2)cc(Cl)c1OCc1ccccc1. The molecule has 3 aromatic carbocycles. The minimum absolute atomic E-state index is 0.185. The largest absolute Gasteiger partial charge is 0.490 e. The first-order valence-electron chi connectivity index (χ1n) is 10.4. The molecule has 0 saturated heterocycles. The van der Waals surface area contributed by atoms with Crippen LogP contribution in [-0.4, -0.2) is 24.6 Å². The Hall–Kier alpha value is -3.55. The number of halogens is 2. The van der Waals surface area contributed by atoms with Crippen LogP contribution in [0.25, 0.3) is 0 Å². The number of benzene rings is 3. The van der Waals surface area contributed by atoms with E-state index in [0.29, 0.717) is 40.3 Å². The van der Waals surface area contributed by atoms with Crippen molar-refractivity contribution in [3.8, 4) is 11.5 Å². The second-order valence-electron chi connectivity index (χ2n) is 7.05. The van der Waals surface area contributed by atoms with Gasteiger partial charge in [-0.1, -0.05) is 65.7 Å². The highest BCUT2D eigenvalue weighted by Crippen LogP contribution is 2.37. The van der Waals surface area contributed by atoms with Crippen LogP contribution in [0.3, 0.4) is 0 Å². The third-order valence-corrected chi connectivity index (χ3v) is 5.04. The Balaban J connectivity index is 1.59. The summed E-state index contributed by atoms with van der Waals surface area (Å²) in [5.74, 6) is -0.858. The molecule has 2 amide bonds. The molecule has 9 heteroatoms. The zero-order valence-electron chi connectivity index (χ0n) is 18.4. The summed E-state index contributed by atoms with van der Waals surface area (Å²) in [5.41, 5.74) is 4.55. The molecule has 0 atom stereocenters. The normalized spacial score (nSPS) is 10.7. The van der Waals surface area contributed by atoms with Crippen LogP contribution >= 0.6 is 23.2 Å². The van der Waals surface area contributed by atoms with Crippen molar-refractivity contribution in [1.29, 1.82) is 0 Å². The Labute approximate surface area is 207 Å². The maximum absolute atomic E-state index is 12.0. The summed E-state index contributed by atoms with van der Waals surface area (Å²) in [6, 6.07) is 19.9. The van der Waals surface area contributed by atoms with Crippen molar-refractivity contribution in [1.82, 2.24) is 10.7 Å². The third-order valence-electron chi connectivity index (χ3n) is 4.51. The van der Waals surface area contributed by atoms with Gasteiger partial charge < -0.3 is 14.8 Å². The van der Waals surface area contributed by atoms with Gasteiger partial charge in [-0.25, -0.2) is 5.43 Å². The summed E-state index contributed by atoms with van der Waals surface area (Å²) in [5, 5.41) is 7.27. The molecule has 7 nitrogen and oxygen atoms in total. The molecule has 34 heavy (non-hydrogen) atoms. The number of nitrogens with zero attached hydrogens (tertiary/aromatic N) is 1. The predicted molar refractivity (Wildman–Crippen MR) is 132 cm³/mol. The van der Waals surface area contributed by atoms with Gasteiger partial charge in [-0.2, -0.15) is 5.10 Å². The molecular weight excluding hydrogens is 477 g/mol. The van der Waals surface area contributed by atoms with E-state index in [-0.39, 0.29) is 6.54 Å². The first kappa shape index (κ1) is 25.1. The van der Waals surface area contributed by atoms with Crippen LogP contribution in [0.5, 0.6) is 11.5 Å². The first-order valence-corrected chi connectivity index (χ1v) is 11.2. The van der Waals surface area contributed by atoms with E-state index < -0.39 is 11.8 Å². The lowest BCUT2D eigenvalue weighted by Gasteiger charge is -2.14. The molecule has 0 aliphatic carbocycles. The number of carbonyl (C=O) groups is 2. The molecule has 0 fully saturated rings. The van der Waals surface area contributed by atoms with Gasteiger partial charge in [0.05, 0.1) is 17.8 Å². The molecule has 3 aromatic rings. The molecule has 176 valence electrons. The lowest BCUT2D eigenvalue weighted by Crippen LogP contribution is -2.37. The van der Waals surface area contributed by atoms with Crippen LogP contribution in [-0.2, 0) is 22.7 Å². The molecular formula is C25H23Cl2N3O4. The smallest absolute Gasteiger partial charge is 0.329 e. The molecule has 2 N–H and O–H groups in total. The van der Waals surface area contributed by atoms with Crippen molar-refractivity contribution >= 4 is 41.2 Å². The van der Waals surface area contributed by atoms with Crippen LogP contribution in [0.1, 0.15) is 23.6 Å². The van der Waals surface area contributed by atoms with Crippen LogP contribution in [0, 0.1) is 0 Å². The van der Waals surface area contributed by atoms with Crippen molar-refractivity contribution < 1.29 is 19.1 Å². The van der Waals surface area contributed by atoms with Gasteiger partial charge in [-0.05, 0) is 47.9 Å². The van der Waals surface area contributed by atoms with Crippen LogP contribution in [0.15, 0.2) is 71.8 Å². The van der Waals surface area contributed by atoms with E-state index in [0.717, 1.165) is 11.1 Å². The average molecular weight is 500 g/mol. The summed E-state index contributed by atoms with van der Waals surface area (Å²) in [6.45, 7) is 2.77. The minimum Gasteiger partial charge on any atom is -0.490 e. The number of hydrogen-bond donors (Lipinski definition) is 2. The van der Waals surface area contributed by atoms with Crippen molar-refractivity contribution in [3.05, 3.63) is 93.5 Å². The Morgan fingerprint density at radius 3 is 2.38 bits per heavy atom. The fourth-order valence-corrected chi connectivity index (χ4v) is 3.28. The summed E-state index contributed by atoms with van der Waals surface area (Å²) in [4.78, 5) is 24.0. The van der Waals surface area contributed by atoms with Crippen LogP contribution < -0.4 is 20.2 Å². The van der Waals surface area contributed by atoms with E-state index in [1.807, 2.05) is 37.3 Å². The lowest BCUT2D eigenvalue weighted by molar-refractivity contribution is -0.139. The van der Waals surface area contributed by atoms with Gasteiger partial charge >= 0.3 is 11.8 Å². The van der Waals surface area contributed by atoms with Gasteiger partial charge in [-0.3, -0.25) is 9.59 Å². The van der Waals surface area contributed by atoms with Crippen molar-refractivity contribution in [3.63, 3.8) is 0 Å². The molecule has 0 aliphatic rings. The zero-order valence-corrected chi connectivity index (χ0v) is 19.9. The lowest BCUT2D eigenvalue weighted by atomic mass is 10.2. The fraction of sp³-hybridized carbons (Fsp3) is 0.160. The standard InChI is InChI=1S/C25H23Cl2N3O4/c1-2-33-22-13-19(12-21(27)23(22)34-16-18-6-4-3-5-7-18)15-29-30-25(32)24(31)28-14-17-8-10-20(26)11-9-17/h3-13,15H,2,14,16H2,1H3,(H,28,31)(H,30,32)/b29-15-. The Kier molecular flexibility index (Phi) is 9.31. The number of amides is 2. The Morgan fingerprint density at radius 2 is 1.68 bits per heavy atom. The van der Waals surface area contributed by atoms with Crippen molar-refractivity contribution in [2.24, 2.45) is 5.10 Å². The molecule has 0 aliphatic heterocycles. The van der Waals surface area contributed by atoms with Gasteiger partial charge in [0.1, 0.15) is 6.61 Å². The van der Waals surface area contributed by atoms with E-state index in [1.165, 1.54) is 6.21 Å². The van der Waals surface area contributed by atoms with Crippen LogP contribution in [0.2, 0.25) is 10.0 Å². The molecule has 0 aromatic heterocycles. The number of hydrogen-bond acceptors (Lipinski definition) is 5. The van der Waals surface area contributed by atoms with Crippen molar-refractivity contribution in [2.45, 2.75) is 20.1 Å². The van der Waals surface area contributed by atoms with Gasteiger partial charge in [0.15, 0.2) is 11.5 Å². The second-order valence-corrected chi connectivity index (χ2v) is 7.89. The predicted octanol–water partition coefficient (Wildman–Crippen LogP) is 4.74. The highest BCUT2D eigenvalue weighted by Gasteiger charge is 2.14. The topological polar surface area (TPSA) is 89.0 Å². The fourth-order valence-electron chi connectivity index (χ4n) is 2.88. The van der Waals surface area contributed by atoms with Gasteiger partial charge in [0.2, 0.25) is 0 Å². The quantitative estimate of drug-likeness (QED) is 0.253. The Bertz CT molecular complexity index is 1150. The summed E-state index contributed by atoms with van der Waals surface area (Å²) < 4.78 is 11.5. The number of rotatable bonds is 9. The number of carbonyl (C=O) groups excluding carboxylic acids is 2. The summed E-state index contributed by atoms with van der Waals surface area (Å²) in [7, 11) is 0. The molecule has 0 bridgehead atoms. The van der Waals surface area contributed by atoms with Gasteiger partial charge in [0, 0.05) is 11.6 Å². The van der Waals surface area contributed by atoms with E-state index >= 15 is 0 Å². The monoisotopic (exact) mass is 499 g/mol. The van der Waals surface area contributed by atoms with E-state index in [1.54, 1.807) is 36.4 Å². The zero-order chi connectivity index (χ0) is 24.3. The number of nitrogens with one attached hydrogen (secondary N) is 2. The molecule has 0 unspecified atom stereocenters. The summed E-state index contributed by atoms with van der Waals surface area (Å²) >= 11 is 12.2. The molecule has 3 rings (SSSR count). The highest BCUT2D eigenvalue weighted by molar-refractivity contribution is 6.35. The second kappa shape index (κ2) is 12.6. The molecule has 0 radical (unpaired) electrons. The maximum atomic E-state index is 12.0. The number of ether oxygens (including phenoxy) is 2. The van der Waals surface area contributed by atoms with E-state index in [2.05, 4.69) is 15.8 Å². The molecule has 0 spiro atoms. The van der Waals surface area contributed by atoms with E-state index in [9.17, 15) is 9.59 Å². The maximum Gasteiger partial charge on any atom is 0.329 e.